The van der Waals surface area contributed by atoms with Gasteiger partial charge in [-0.25, -0.2) is 9.78 Å². The molecule has 0 radical (unpaired) electrons. The summed E-state index contributed by atoms with van der Waals surface area (Å²) in [7, 11) is 1.65. The highest BCUT2D eigenvalue weighted by Crippen LogP contribution is 2.22. The van der Waals surface area contributed by atoms with Crippen molar-refractivity contribution in [2.24, 2.45) is 0 Å². The Kier molecular flexibility index (Phi) is 8.93. The van der Waals surface area contributed by atoms with Gasteiger partial charge < -0.3 is 30.3 Å². The summed E-state index contributed by atoms with van der Waals surface area (Å²) in [6, 6.07) is 17.4. The van der Waals surface area contributed by atoms with Gasteiger partial charge in [-0.1, -0.05) is 30.3 Å². The second kappa shape index (κ2) is 12.7. The monoisotopic (exact) mass is 490 g/mol. The van der Waals surface area contributed by atoms with Crippen LogP contribution in [0.1, 0.15) is 31.4 Å². The molecule has 1 aliphatic heterocycles. The number of amides is 2. The Hall–Kier alpha value is -3.85. The maximum Gasteiger partial charge on any atom is 0.315 e. The zero-order valence-electron chi connectivity index (χ0n) is 20.8. The standard InChI is InChI=1S/C27H34N6O3/c1-20(21-7-4-3-5-8-21)29-27(34)31-23-9-6-14-33(19-23)26-18-28-17-25(32-26)30-22-10-12-24(13-11-22)36-16-15-35-2/h3-5,7-8,10-13,17-18,20,23H,6,9,14-16,19H2,1-2H3,(H,30,32)(H2,29,31,34)/t20-,23-/m1/s1. The van der Waals surface area contributed by atoms with E-state index in [0.29, 0.717) is 25.6 Å². The number of anilines is 3. The number of aromatic nitrogens is 2. The second-order valence-corrected chi connectivity index (χ2v) is 8.79. The number of nitrogens with zero attached hydrogens (tertiary/aromatic N) is 3. The Labute approximate surface area is 212 Å². The van der Waals surface area contributed by atoms with Crippen LogP contribution in [-0.2, 0) is 4.74 Å². The molecule has 190 valence electrons. The normalized spacial score (nSPS) is 16.2. The number of urea groups is 1. The van der Waals surface area contributed by atoms with Crippen molar-refractivity contribution in [3.8, 4) is 5.75 Å². The van der Waals surface area contributed by atoms with E-state index in [1.165, 1.54) is 0 Å². The number of piperidine rings is 1. The molecule has 1 fully saturated rings. The zero-order valence-corrected chi connectivity index (χ0v) is 20.8. The smallest absolute Gasteiger partial charge is 0.315 e. The van der Waals surface area contributed by atoms with Crippen LogP contribution in [-0.4, -0.2) is 55.5 Å². The van der Waals surface area contributed by atoms with E-state index in [-0.39, 0.29) is 18.1 Å². The van der Waals surface area contributed by atoms with Crippen molar-refractivity contribution in [1.29, 1.82) is 0 Å². The average molecular weight is 491 g/mol. The van der Waals surface area contributed by atoms with Gasteiger partial charge in [-0.3, -0.25) is 4.98 Å². The fraction of sp³-hybridized carbons (Fsp3) is 0.370. The molecule has 0 unspecified atom stereocenters. The molecule has 4 rings (SSSR count). The summed E-state index contributed by atoms with van der Waals surface area (Å²) in [6.45, 7) is 4.59. The highest BCUT2D eigenvalue weighted by Gasteiger charge is 2.23. The number of carbonyl (C=O) groups excluding carboxylic acids is 1. The Bertz CT molecular complexity index is 1100. The van der Waals surface area contributed by atoms with E-state index < -0.39 is 0 Å². The molecule has 2 heterocycles. The fourth-order valence-corrected chi connectivity index (χ4v) is 4.15. The molecular formula is C27H34N6O3. The second-order valence-electron chi connectivity index (χ2n) is 8.79. The van der Waals surface area contributed by atoms with E-state index in [4.69, 9.17) is 14.5 Å². The minimum Gasteiger partial charge on any atom is -0.491 e. The number of methoxy groups -OCH3 is 1. The molecule has 3 N–H and O–H groups in total. The van der Waals surface area contributed by atoms with Crippen molar-refractivity contribution in [2.45, 2.75) is 31.8 Å². The van der Waals surface area contributed by atoms with Crippen LogP contribution in [0.25, 0.3) is 0 Å². The van der Waals surface area contributed by atoms with Gasteiger partial charge in [0.05, 0.1) is 25.0 Å². The van der Waals surface area contributed by atoms with E-state index in [2.05, 4.69) is 25.8 Å². The summed E-state index contributed by atoms with van der Waals surface area (Å²) in [4.78, 5) is 23.9. The van der Waals surface area contributed by atoms with Crippen LogP contribution in [0.3, 0.4) is 0 Å². The van der Waals surface area contributed by atoms with Gasteiger partial charge in [-0.2, -0.15) is 0 Å². The van der Waals surface area contributed by atoms with Crippen LogP contribution in [0.15, 0.2) is 67.0 Å². The summed E-state index contributed by atoms with van der Waals surface area (Å²) >= 11 is 0. The Morgan fingerprint density at radius 1 is 1.11 bits per heavy atom. The van der Waals surface area contributed by atoms with Crippen LogP contribution in [0.2, 0.25) is 0 Å². The summed E-state index contributed by atoms with van der Waals surface area (Å²) in [6.07, 6.45) is 5.35. The first-order valence-electron chi connectivity index (χ1n) is 12.3. The molecule has 9 nitrogen and oxygen atoms in total. The number of ether oxygens (including phenoxy) is 2. The van der Waals surface area contributed by atoms with Crippen molar-refractivity contribution in [2.75, 3.05) is 43.6 Å². The largest absolute Gasteiger partial charge is 0.491 e. The predicted molar refractivity (Wildman–Crippen MR) is 141 cm³/mol. The summed E-state index contributed by atoms with van der Waals surface area (Å²) in [5, 5.41) is 9.45. The van der Waals surface area contributed by atoms with Crippen LogP contribution < -0.4 is 25.6 Å². The quantitative estimate of drug-likeness (QED) is 0.365. The molecule has 1 saturated heterocycles. The van der Waals surface area contributed by atoms with Crippen molar-refractivity contribution >= 4 is 23.4 Å². The molecule has 9 heteroatoms. The maximum absolute atomic E-state index is 12.6. The highest BCUT2D eigenvalue weighted by atomic mass is 16.5. The van der Waals surface area contributed by atoms with Crippen molar-refractivity contribution in [3.05, 3.63) is 72.6 Å². The number of carbonyl (C=O) groups is 1. The first kappa shape index (κ1) is 25.2. The first-order valence-corrected chi connectivity index (χ1v) is 12.3. The van der Waals surface area contributed by atoms with E-state index >= 15 is 0 Å². The number of hydrogen-bond acceptors (Lipinski definition) is 7. The molecule has 36 heavy (non-hydrogen) atoms. The van der Waals surface area contributed by atoms with E-state index in [0.717, 1.165) is 42.2 Å². The van der Waals surface area contributed by atoms with E-state index in [1.54, 1.807) is 19.5 Å². The lowest BCUT2D eigenvalue weighted by molar-refractivity contribution is 0.146. The minimum atomic E-state index is -0.158. The SMILES string of the molecule is COCCOc1ccc(Nc2cncc(N3CCC[C@@H](NC(=O)N[C@H](C)c4ccccc4)C3)n2)cc1. The number of nitrogens with one attached hydrogen (secondary N) is 3. The van der Waals surface area contributed by atoms with Gasteiger partial charge >= 0.3 is 6.03 Å². The molecule has 2 aromatic carbocycles. The van der Waals surface area contributed by atoms with Gasteiger partial charge in [0.2, 0.25) is 0 Å². The molecule has 1 aromatic heterocycles. The lowest BCUT2D eigenvalue weighted by atomic mass is 10.1. The molecule has 1 aliphatic rings. The van der Waals surface area contributed by atoms with E-state index in [1.807, 2.05) is 61.5 Å². The van der Waals surface area contributed by atoms with Crippen LogP contribution in [0.4, 0.5) is 22.1 Å². The predicted octanol–water partition coefficient (Wildman–Crippen LogP) is 4.27. The van der Waals surface area contributed by atoms with Gasteiger partial charge in [-0.05, 0) is 49.6 Å². The maximum atomic E-state index is 12.6. The number of benzene rings is 2. The van der Waals surface area contributed by atoms with Crippen molar-refractivity contribution < 1.29 is 14.3 Å². The van der Waals surface area contributed by atoms with Gasteiger partial charge in [0, 0.05) is 31.9 Å². The third-order valence-corrected chi connectivity index (χ3v) is 6.03. The fourth-order valence-electron chi connectivity index (χ4n) is 4.15. The van der Waals surface area contributed by atoms with Gasteiger partial charge in [0.25, 0.3) is 0 Å². The molecule has 0 aliphatic carbocycles. The van der Waals surface area contributed by atoms with Gasteiger partial charge in [0.1, 0.15) is 18.2 Å². The number of rotatable bonds is 10. The molecule has 2 atom stereocenters. The lowest BCUT2D eigenvalue weighted by Crippen LogP contribution is -2.51. The summed E-state index contributed by atoms with van der Waals surface area (Å²) in [5.41, 5.74) is 1.97. The molecule has 0 spiro atoms. The van der Waals surface area contributed by atoms with E-state index in [9.17, 15) is 4.79 Å². The molecule has 3 aromatic rings. The first-order chi connectivity index (χ1) is 17.6. The Morgan fingerprint density at radius 3 is 2.69 bits per heavy atom. The molecule has 2 amide bonds. The molecular weight excluding hydrogens is 456 g/mol. The van der Waals surface area contributed by atoms with Gasteiger partial charge in [0.15, 0.2) is 5.82 Å². The zero-order chi connectivity index (χ0) is 25.2. The van der Waals surface area contributed by atoms with Gasteiger partial charge in [-0.15, -0.1) is 0 Å². The van der Waals surface area contributed by atoms with Crippen molar-refractivity contribution in [1.82, 2.24) is 20.6 Å². The van der Waals surface area contributed by atoms with Crippen LogP contribution >= 0.6 is 0 Å². The topological polar surface area (TPSA) is 101 Å². The Morgan fingerprint density at radius 2 is 1.92 bits per heavy atom. The third-order valence-electron chi connectivity index (χ3n) is 6.03. The van der Waals surface area contributed by atoms with Crippen LogP contribution in [0, 0.1) is 0 Å². The molecule has 0 bridgehead atoms. The molecule has 0 saturated carbocycles. The van der Waals surface area contributed by atoms with Crippen molar-refractivity contribution in [3.63, 3.8) is 0 Å². The number of hydrogen-bond donors (Lipinski definition) is 3. The Balaban J connectivity index is 1.30. The lowest BCUT2D eigenvalue weighted by Gasteiger charge is -2.34. The summed E-state index contributed by atoms with van der Waals surface area (Å²) < 4.78 is 10.6. The highest BCUT2D eigenvalue weighted by molar-refractivity contribution is 5.75. The van der Waals surface area contributed by atoms with Crippen LogP contribution in [0.5, 0.6) is 5.75 Å². The average Bonchev–Trinajstić information content (AvgIpc) is 2.90. The summed E-state index contributed by atoms with van der Waals surface area (Å²) in [5.74, 6) is 2.22. The third kappa shape index (κ3) is 7.32. The minimum absolute atomic E-state index is 0.0331.